The molecule has 0 N–H and O–H groups in total. The molecule has 2 heterocycles. The van der Waals surface area contributed by atoms with Gasteiger partial charge in [-0.3, -0.25) is 0 Å². The molecule has 2 rings (SSSR count). The van der Waals surface area contributed by atoms with Crippen molar-refractivity contribution < 1.29 is 4.74 Å². The van der Waals surface area contributed by atoms with Gasteiger partial charge >= 0.3 is 0 Å². The number of hydrogen-bond acceptors (Lipinski definition) is 6. The number of methoxy groups -OCH3 is 1. The lowest BCUT2D eigenvalue weighted by atomic mass is 10.6. The Kier molecular flexibility index (Phi) is 2.41. The summed E-state index contributed by atoms with van der Waals surface area (Å²) in [7, 11) is 1.58. The first-order valence-corrected chi connectivity index (χ1v) is 3.92. The van der Waals surface area contributed by atoms with Crippen molar-refractivity contribution in [3.63, 3.8) is 0 Å². The summed E-state index contributed by atoms with van der Waals surface area (Å²) < 4.78 is 6.36. The van der Waals surface area contributed by atoms with Gasteiger partial charge in [-0.2, -0.15) is 19.7 Å². The minimum atomic E-state index is 0.351. The number of aromatic nitrogens is 6. The predicted molar refractivity (Wildman–Crippen MR) is 45.5 cm³/mol. The van der Waals surface area contributed by atoms with E-state index in [0.29, 0.717) is 18.4 Å². The largest absolute Gasteiger partial charge is 0.377 e. The Morgan fingerprint density at radius 3 is 3.00 bits per heavy atom. The van der Waals surface area contributed by atoms with Crippen LogP contribution in [0.3, 0.4) is 0 Å². The normalized spacial score (nSPS) is 10.4. The summed E-state index contributed by atoms with van der Waals surface area (Å²) >= 11 is 0. The third-order valence-electron chi connectivity index (χ3n) is 1.51. The molecule has 0 saturated heterocycles. The van der Waals surface area contributed by atoms with Crippen LogP contribution in [0, 0.1) is 0 Å². The molecule has 0 aliphatic carbocycles. The third kappa shape index (κ3) is 1.72. The van der Waals surface area contributed by atoms with E-state index in [1.807, 2.05) is 0 Å². The van der Waals surface area contributed by atoms with Crippen LogP contribution in [0.4, 0.5) is 0 Å². The number of hydrogen-bond donors (Lipinski definition) is 0. The fraction of sp³-hybridized carbons (Fsp3) is 0.286. The van der Waals surface area contributed by atoms with Crippen molar-refractivity contribution in [3.8, 4) is 5.95 Å². The summed E-state index contributed by atoms with van der Waals surface area (Å²) in [5.41, 5.74) is 0. The monoisotopic (exact) mass is 192 g/mol. The highest BCUT2D eigenvalue weighted by molar-refractivity contribution is 5.05. The van der Waals surface area contributed by atoms with Crippen LogP contribution >= 0.6 is 0 Å². The van der Waals surface area contributed by atoms with Gasteiger partial charge in [-0.15, -0.1) is 0 Å². The molecular formula is C7H8N6O. The molecule has 0 aliphatic rings. The van der Waals surface area contributed by atoms with Crippen molar-refractivity contribution in [2.24, 2.45) is 0 Å². The second-order valence-electron chi connectivity index (χ2n) is 2.47. The molecule has 0 aromatic carbocycles. The molecule has 0 aliphatic heterocycles. The van der Waals surface area contributed by atoms with Crippen LogP contribution in [0.25, 0.3) is 5.95 Å². The summed E-state index contributed by atoms with van der Waals surface area (Å²) in [5.74, 6) is 0.998. The average molecular weight is 192 g/mol. The first-order valence-electron chi connectivity index (χ1n) is 3.92. The topological polar surface area (TPSA) is 78.6 Å². The van der Waals surface area contributed by atoms with Crippen molar-refractivity contribution in [1.29, 1.82) is 0 Å². The van der Waals surface area contributed by atoms with E-state index in [2.05, 4.69) is 25.0 Å². The fourth-order valence-electron chi connectivity index (χ4n) is 0.941. The molecule has 7 nitrogen and oxygen atoms in total. The van der Waals surface area contributed by atoms with Crippen molar-refractivity contribution in [2.45, 2.75) is 6.61 Å². The zero-order chi connectivity index (χ0) is 9.80. The van der Waals surface area contributed by atoms with Crippen molar-refractivity contribution >= 4 is 0 Å². The minimum absolute atomic E-state index is 0.351. The maximum Gasteiger partial charge on any atom is 0.255 e. The van der Waals surface area contributed by atoms with Crippen LogP contribution in [0.5, 0.6) is 0 Å². The van der Waals surface area contributed by atoms with Gasteiger partial charge < -0.3 is 4.74 Å². The van der Waals surface area contributed by atoms with E-state index < -0.39 is 0 Å². The van der Waals surface area contributed by atoms with Crippen molar-refractivity contribution in [3.05, 3.63) is 24.8 Å². The van der Waals surface area contributed by atoms with E-state index >= 15 is 0 Å². The molecule has 2 aromatic rings. The predicted octanol–water partition coefficient (Wildman–Crippen LogP) is -0.401. The minimum Gasteiger partial charge on any atom is -0.377 e. The van der Waals surface area contributed by atoms with Crippen molar-refractivity contribution in [2.75, 3.05) is 7.11 Å². The van der Waals surface area contributed by atoms with Gasteiger partial charge in [0.15, 0.2) is 5.82 Å². The van der Waals surface area contributed by atoms with Gasteiger partial charge in [0.25, 0.3) is 5.95 Å². The van der Waals surface area contributed by atoms with Gasteiger partial charge in [-0.1, -0.05) is 0 Å². The zero-order valence-corrected chi connectivity index (χ0v) is 7.53. The summed E-state index contributed by atoms with van der Waals surface area (Å²) in [6.45, 7) is 0.351. The molecule has 72 valence electrons. The zero-order valence-electron chi connectivity index (χ0n) is 7.53. The fourth-order valence-corrected chi connectivity index (χ4v) is 0.941. The van der Waals surface area contributed by atoms with E-state index in [1.165, 1.54) is 23.7 Å². The molecule has 0 radical (unpaired) electrons. The van der Waals surface area contributed by atoms with Crippen molar-refractivity contribution in [1.82, 2.24) is 29.7 Å². The van der Waals surface area contributed by atoms with E-state index in [9.17, 15) is 0 Å². The lowest BCUT2D eigenvalue weighted by Crippen LogP contribution is -2.06. The van der Waals surface area contributed by atoms with Gasteiger partial charge in [0.1, 0.15) is 25.6 Å². The van der Waals surface area contributed by atoms with Crippen LogP contribution in [0.2, 0.25) is 0 Å². The number of ether oxygens (including phenoxy) is 1. The first-order chi connectivity index (χ1) is 6.90. The summed E-state index contributed by atoms with van der Waals surface area (Å²) in [4.78, 5) is 15.8. The Morgan fingerprint density at radius 2 is 2.29 bits per heavy atom. The lowest BCUT2D eigenvalue weighted by molar-refractivity contribution is 0.177. The second kappa shape index (κ2) is 3.88. The molecule has 0 atom stereocenters. The SMILES string of the molecule is COCc1ncnc(-n2cncn2)n1. The summed E-state index contributed by atoms with van der Waals surface area (Å²) in [6.07, 6.45) is 4.35. The van der Waals surface area contributed by atoms with Gasteiger partial charge in [-0.05, 0) is 0 Å². The Balaban J connectivity index is 2.31. The Labute approximate surface area is 79.8 Å². The van der Waals surface area contributed by atoms with E-state index in [-0.39, 0.29) is 0 Å². The van der Waals surface area contributed by atoms with Gasteiger partial charge in [0.05, 0.1) is 0 Å². The van der Waals surface area contributed by atoms with Gasteiger partial charge in [0.2, 0.25) is 0 Å². The Bertz CT molecular complexity index is 400. The molecule has 0 amide bonds. The molecule has 0 saturated carbocycles. The average Bonchev–Trinajstić information content (AvgIpc) is 2.71. The van der Waals surface area contributed by atoms with Crippen LogP contribution in [0.15, 0.2) is 19.0 Å². The highest BCUT2D eigenvalue weighted by Gasteiger charge is 2.02. The maximum atomic E-state index is 4.90. The summed E-state index contributed by atoms with van der Waals surface area (Å²) in [6, 6.07) is 0. The molecule has 2 aromatic heterocycles. The quantitative estimate of drug-likeness (QED) is 0.658. The number of rotatable bonds is 3. The summed E-state index contributed by atoms with van der Waals surface area (Å²) in [5, 5.41) is 3.90. The molecule has 14 heavy (non-hydrogen) atoms. The standard InChI is InChI=1S/C7H8N6O/c1-14-2-6-9-4-10-7(12-6)13-5-8-3-11-13/h3-5H,2H2,1H3. The van der Waals surface area contributed by atoms with E-state index in [4.69, 9.17) is 4.74 Å². The number of nitrogens with zero attached hydrogens (tertiary/aromatic N) is 6. The molecule has 0 fully saturated rings. The lowest BCUT2D eigenvalue weighted by Gasteiger charge is -2.00. The molecular weight excluding hydrogens is 184 g/mol. The van der Waals surface area contributed by atoms with E-state index in [1.54, 1.807) is 7.11 Å². The van der Waals surface area contributed by atoms with Crippen LogP contribution in [0.1, 0.15) is 5.82 Å². The molecule has 0 unspecified atom stereocenters. The van der Waals surface area contributed by atoms with Crippen LogP contribution in [-0.4, -0.2) is 36.8 Å². The van der Waals surface area contributed by atoms with Gasteiger partial charge in [0, 0.05) is 7.11 Å². The van der Waals surface area contributed by atoms with Gasteiger partial charge in [-0.25, -0.2) is 9.97 Å². The van der Waals surface area contributed by atoms with Crippen LogP contribution < -0.4 is 0 Å². The smallest absolute Gasteiger partial charge is 0.255 e. The first kappa shape index (κ1) is 8.70. The van der Waals surface area contributed by atoms with Crippen LogP contribution in [-0.2, 0) is 11.3 Å². The third-order valence-corrected chi connectivity index (χ3v) is 1.51. The molecule has 0 spiro atoms. The van der Waals surface area contributed by atoms with E-state index in [0.717, 1.165) is 0 Å². The molecule has 7 heteroatoms. The highest BCUT2D eigenvalue weighted by Crippen LogP contribution is 1.97. The highest BCUT2D eigenvalue weighted by atomic mass is 16.5. The maximum absolute atomic E-state index is 4.90. The second-order valence-corrected chi connectivity index (χ2v) is 2.47. The Hall–Kier alpha value is -1.89. The Morgan fingerprint density at radius 1 is 1.36 bits per heavy atom. The molecule has 0 bridgehead atoms.